The molecule has 0 aromatic heterocycles. The molecular formula is C44H67N7O10. The molecule has 338 valence electrons. The van der Waals surface area contributed by atoms with Gasteiger partial charge in [0.1, 0.15) is 29.3 Å². The zero-order valence-corrected chi connectivity index (χ0v) is 37.1. The van der Waals surface area contributed by atoms with Crippen molar-refractivity contribution < 1.29 is 48.1 Å². The van der Waals surface area contributed by atoms with Gasteiger partial charge in [-0.3, -0.25) is 19.2 Å². The van der Waals surface area contributed by atoms with E-state index in [-0.39, 0.29) is 30.9 Å². The van der Waals surface area contributed by atoms with Gasteiger partial charge < -0.3 is 52.2 Å². The molecule has 9 N–H and O–H groups in total. The first kappa shape index (κ1) is 51.4. The maximum absolute atomic E-state index is 14.0. The van der Waals surface area contributed by atoms with Gasteiger partial charge in [-0.2, -0.15) is 0 Å². The molecule has 4 atom stereocenters. The minimum atomic E-state index is -1.74. The number of aryl methyl sites for hydroxylation is 1. The number of carboxylic acids is 1. The molecular weight excluding hydrogens is 787 g/mol. The lowest BCUT2D eigenvalue weighted by Gasteiger charge is -2.26. The predicted molar refractivity (Wildman–Crippen MR) is 231 cm³/mol. The number of carboxylic acid groups (broad SMARTS) is 1. The first-order valence-corrected chi connectivity index (χ1v) is 20.8. The van der Waals surface area contributed by atoms with Crippen molar-refractivity contribution in [1.29, 1.82) is 0 Å². The summed E-state index contributed by atoms with van der Waals surface area (Å²) >= 11 is 0. The van der Waals surface area contributed by atoms with Crippen LogP contribution >= 0.6 is 0 Å². The van der Waals surface area contributed by atoms with E-state index in [0.29, 0.717) is 12.8 Å². The number of alkyl carbamates (subject to hydrolysis) is 2. The predicted octanol–water partition coefficient (Wildman–Crippen LogP) is 4.52. The lowest BCUT2D eigenvalue weighted by atomic mass is 10.0. The van der Waals surface area contributed by atoms with Crippen molar-refractivity contribution in [1.82, 2.24) is 31.9 Å². The molecule has 0 heterocycles. The molecule has 6 amide bonds. The van der Waals surface area contributed by atoms with E-state index in [2.05, 4.69) is 51.0 Å². The fourth-order valence-electron chi connectivity index (χ4n) is 5.80. The Balaban J connectivity index is 2.31. The molecule has 0 bridgehead atoms. The number of hydrogen-bond donors (Lipinski definition) is 8. The van der Waals surface area contributed by atoms with E-state index >= 15 is 0 Å². The number of carbonyl (C=O) groups excluding carboxylic acids is 6. The summed E-state index contributed by atoms with van der Waals surface area (Å²) in [5, 5.41) is 24.5. The van der Waals surface area contributed by atoms with Gasteiger partial charge in [-0.1, -0.05) is 63.6 Å². The van der Waals surface area contributed by atoms with Crippen LogP contribution < -0.4 is 37.6 Å². The monoisotopic (exact) mass is 853 g/mol. The van der Waals surface area contributed by atoms with Gasteiger partial charge in [0.15, 0.2) is 6.17 Å². The van der Waals surface area contributed by atoms with Gasteiger partial charge in [-0.05, 0) is 115 Å². The molecule has 17 nitrogen and oxygen atoms in total. The third-order valence-electron chi connectivity index (χ3n) is 8.85. The molecule has 0 aliphatic heterocycles. The third kappa shape index (κ3) is 20.4. The lowest BCUT2D eigenvalue weighted by Crippen LogP contribution is -2.62. The van der Waals surface area contributed by atoms with Gasteiger partial charge in [0.2, 0.25) is 11.8 Å². The number of carbonyl (C=O) groups is 7. The smallest absolute Gasteiger partial charge is 0.407 e. The third-order valence-corrected chi connectivity index (χ3v) is 8.85. The van der Waals surface area contributed by atoms with Crippen LogP contribution in [0.5, 0.6) is 0 Å². The fourth-order valence-corrected chi connectivity index (χ4v) is 5.80. The van der Waals surface area contributed by atoms with E-state index in [1.165, 1.54) is 5.56 Å². The zero-order chi connectivity index (χ0) is 45.9. The van der Waals surface area contributed by atoms with Crippen LogP contribution in [0.15, 0.2) is 48.5 Å². The van der Waals surface area contributed by atoms with Gasteiger partial charge in [0.25, 0.3) is 11.8 Å². The van der Waals surface area contributed by atoms with Gasteiger partial charge in [0.05, 0.1) is 6.54 Å². The summed E-state index contributed by atoms with van der Waals surface area (Å²) < 4.78 is 10.6. The molecule has 0 spiro atoms. The van der Waals surface area contributed by atoms with Crippen LogP contribution in [0.4, 0.5) is 9.59 Å². The lowest BCUT2D eigenvalue weighted by molar-refractivity contribution is -0.142. The molecule has 2 rings (SSSR count). The van der Waals surface area contributed by atoms with Crippen LogP contribution in [-0.2, 0) is 35.1 Å². The van der Waals surface area contributed by atoms with Crippen LogP contribution in [0.1, 0.15) is 117 Å². The van der Waals surface area contributed by atoms with Crippen molar-refractivity contribution in [3.05, 3.63) is 59.7 Å². The van der Waals surface area contributed by atoms with E-state index in [0.717, 1.165) is 30.4 Å². The topological polar surface area (TPSA) is 256 Å². The zero-order valence-electron chi connectivity index (χ0n) is 37.1. The first-order valence-electron chi connectivity index (χ1n) is 20.8. The molecule has 2 aromatic carbocycles. The molecule has 17 heteroatoms. The molecule has 0 saturated carbocycles. The molecule has 61 heavy (non-hydrogen) atoms. The largest absolute Gasteiger partial charge is 0.480 e. The van der Waals surface area contributed by atoms with Gasteiger partial charge in [-0.25, -0.2) is 14.4 Å². The maximum atomic E-state index is 14.0. The molecule has 0 aliphatic carbocycles. The number of nitrogens with one attached hydrogen (secondary N) is 6. The normalized spacial score (nSPS) is 13.4. The Hall–Kier alpha value is -5.71. The van der Waals surface area contributed by atoms with Crippen molar-refractivity contribution in [2.24, 2.45) is 11.7 Å². The van der Waals surface area contributed by atoms with Crippen molar-refractivity contribution in [2.45, 2.75) is 143 Å². The van der Waals surface area contributed by atoms with E-state index in [1.54, 1.807) is 79.7 Å². The molecule has 0 unspecified atom stereocenters. The first-order chi connectivity index (χ1) is 28.5. The quantitative estimate of drug-likeness (QED) is 0.0604. The summed E-state index contributed by atoms with van der Waals surface area (Å²) in [6, 6.07) is 11.1. The molecule has 0 fully saturated rings. The van der Waals surface area contributed by atoms with E-state index in [9.17, 15) is 38.7 Å². The summed E-state index contributed by atoms with van der Waals surface area (Å²) in [4.78, 5) is 90.6. The minimum absolute atomic E-state index is 0.0677. The Morgan fingerprint density at radius 1 is 0.656 bits per heavy atom. The van der Waals surface area contributed by atoms with Crippen LogP contribution in [0, 0.1) is 5.92 Å². The van der Waals surface area contributed by atoms with Gasteiger partial charge >= 0.3 is 18.2 Å². The van der Waals surface area contributed by atoms with Crippen molar-refractivity contribution in [3.63, 3.8) is 0 Å². The SMILES string of the molecule is CCCCc1ccc(-c2ccc(C(=O)N[C@@H](CCCCNC(=O)OC(C)(C)C)C(=O)N[C@@H](CNC(=O)OC(C)(C)C)C(=O)N[C@@H](N)C(=O)N[C@@H](CC(C)C)C(=O)O)cc2)cc1. The van der Waals surface area contributed by atoms with E-state index < -0.39 is 83.8 Å². The number of benzene rings is 2. The molecule has 0 radical (unpaired) electrons. The maximum Gasteiger partial charge on any atom is 0.407 e. The number of unbranched alkanes of at least 4 members (excludes halogenated alkanes) is 2. The highest BCUT2D eigenvalue weighted by Gasteiger charge is 2.31. The number of hydrogen-bond acceptors (Lipinski definition) is 10. The van der Waals surface area contributed by atoms with Crippen LogP contribution in [-0.4, -0.2) is 95.5 Å². The standard InChI is InChI=1S/C44H67N7O10/c1-10-11-14-28-16-18-29(19-17-28)30-20-22-31(23-21-30)36(52)48-32(15-12-13-24-46-41(58)60-43(4,5)6)37(53)50-34(26-47-42(59)61-44(7,8)9)38(54)51-35(45)39(55)49-33(40(56)57)25-27(2)3/h16-23,27,32-35H,10-15,24-26,45H2,1-9H3,(H,46,58)(H,47,59)(H,48,52)(H,49,55)(H,50,53)(H,51,54)(H,56,57)/t32-,33-,34-,35+/m0/s1. The second-order valence-corrected chi connectivity index (χ2v) is 17.3. The number of nitrogens with two attached hydrogens (primary N) is 1. The Morgan fingerprint density at radius 2 is 1.18 bits per heavy atom. The van der Waals surface area contributed by atoms with Crippen molar-refractivity contribution in [2.75, 3.05) is 13.1 Å². The Labute approximate surface area is 359 Å². The molecule has 2 aromatic rings. The summed E-state index contributed by atoms with van der Waals surface area (Å²) in [6.45, 7) is 15.5. The fraction of sp³-hybridized carbons (Fsp3) is 0.568. The Kier molecular flexibility index (Phi) is 20.7. The second-order valence-electron chi connectivity index (χ2n) is 17.3. The van der Waals surface area contributed by atoms with Crippen molar-refractivity contribution in [3.8, 4) is 11.1 Å². The molecule has 0 saturated heterocycles. The van der Waals surface area contributed by atoms with E-state index in [4.69, 9.17) is 15.2 Å². The van der Waals surface area contributed by atoms with Crippen LogP contribution in [0.25, 0.3) is 11.1 Å². The molecule has 0 aliphatic rings. The Bertz CT molecular complexity index is 1770. The second kappa shape index (κ2) is 24.5. The van der Waals surface area contributed by atoms with Gasteiger partial charge in [-0.15, -0.1) is 0 Å². The number of amides is 6. The Morgan fingerprint density at radius 3 is 1.70 bits per heavy atom. The average molecular weight is 854 g/mol. The minimum Gasteiger partial charge on any atom is -0.480 e. The summed E-state index contributed by atoms with van der Waals surface area (Å²) in [6.07, 6.45) is 0.843. The highest BCUT2D eigenvalue weighted by Crippen LogP contribution is 2.21. The number of aliphatic carboxylic acids is 1. The van der Waals surface area contributed by atoms with Gasteiger partial charge in [0, 0.05) is 12.1 Å². The highest BCUT2D eigenvalue weighted by molar-refractivity contribution is 5.99. The summed E-state index contributed by atoms with van der Waals surface area (Å²) in [5.41, 5.74) is 7.74. The van der Waals surface area contributed by atoms with Crippen LogP contribution in [0.2, 0.25) is 0 Å². The van der Waals surface area contributed by atoms with Crippen LogP contribution in [0.3, 0.4) is 0 Å². The van der Waals surface area contributed by atoms with Crippen molar-refractivity contribution >= 4 is 41.8 Å². The highest BCUT2D eigenvalue weighted by atomic mass is 16.6. The number of rotatable bonds is 22. The number of ether oxygens (including phenoxy) is 2. The average Bonchev–Trinajstić information content (AvgIpc) is 3.16. The summed E-state index contributed by atoms with van der Waals surface area (Å²) in [7, 11) is 0. The van der Waals surface area contributed by atoms with E-state index in [1.807, 2.05) is 12.1 Å². The summed E-state index contributed by atoms with van der Waals surface area (Å²) in [5.74, 6) is -4.74.